The summed E-state index contributed by atoms with van der Waals surface area (Å²) in [4.78, 5) is 36.9. The molecule has 0 atom stereocenters. The molecule has 0 aliphatic carbocycles. The number of hydrogen-bond acceptors (Lipinski definition) is 3. The van der Waals surface area contributed by atoms with Crippen LogP contribution < -0.4 is 0 Å². The number of hydrogen-bond donors (Lipinski definition) is 1. The van der Waals surface area contributed by atoms with E-state index in [2.05, 4.69) is 0 Å². The lowest BCUT2D eigenvalue weighted by atomic mass is 9.92. The van der Waals surface area contributed by atoms with Gasteiger partial charge in [-0.25, -0.2) is 4.79 Å². The molecule has 4 nitrogen and oxygen atoms in total. The zero-order chi connectivity index (χ0) is 17.7. The van der Waals surface area contributed by atoms with Crippen molar-refractivity contribution in [1.82, 2.24) is 0 Å². The largest absolute Gasteiger partial charge is 0.478 e. The summed E-state index contributed by atoms with van der Waals surface area (Å²) in [6.07, 6.45) is 0.127. The molecule has 24 heavy (non-hydrogen) atoms. The molecule has 122 valence electrons. The van der Waals surface area contributed by atoms with Gasteiger partial charge >= 0.3 is 5.97 Å². The first-order valence-corrected chi connectivity index (χ1v) is 7.70. The topological polar surface area (TPSA) is 71.4 Å². The number of halogens is 1. The van der Waals surface area contributed by atoms with Gasteiger partial charge in [0.1, 0.15) is 5.57 Å². The predicted molar refractivity (Wildman–Crippen MR) is 91.5 cm³/mol. The number of ketones is 2. The van der Waals surface area contributed by atoms with Crippen LogP contribution in [0.5, 0.6) is 0 Å². The van der Waals surface area contributed by atoms with Crippen LogP contribution in [-0.2, 0) is 4.79 Å². The Morgan fingerprint density at radius 2 is 1.42 bits per heavy atom. The second kappa shape index (κ2) is 7.70. The lowest BCUT2D eigenvalue weighted by molar-refractivity contribution is -0.132. The van der Waals surface area contributed by atoms with Gasteiger partial charge in [-0.05, 0) is 30.7 Å². The summed E-state index contributed by atoms with van der Waals surface area (Å²) in [5.41, 5.74) is -0.0112. The third-order valence-corrected chi connectivity index (χ3v) is 3.76. The summed E-state index contributed by atoms with van der Waals surface area (Å²) in [5, 5.41) is 9.96. The van der Waals surface area contributed by atoms with E-state index in [1.165, 1.54) is 24.3 Å². The number of carbonyl (C=O) groups is 3. The number of aliphatic carboxylic acids is 1. The first-order valence-electron chi connectivity index (χ1n) is 7.32. The summed E-state index contributed by atoms with van der Waals surface area (Å²) in [7, 11) is 0. The smallest absolute Gasteiger partial charge is 0.340 e. The van der Waals surface area contributed by atoms with Gasteiger partial charge in [-0.3, -0.25) is 9.59 Å². The van der Waals surface area contributed by atoms with Crippen LogP contribution in [0.4, 0.5) is 0 Å². The Hall–Kier alpha value is -2.72. The minimum atomic E-state index is -1.41. The molecule has 2 rings (SSSR count). The van der Waals surface area contributed by atoms with Gasteiger partial charge in [0.05, 0.1) is 0 Å². The summed E-state index contributed by atoms with van der Waals surface area (Å²) < 4.78 is 0. The first-order chi connectivity index (χ1) is 11.5. The molecule has 0 spiro atoms. The molecule has 0 radical (unpaired) electrons. The molecule has 0 aliphatic rings. The molecule has 0 saturated heterocycles. The van der Waals surface area contributed by atoms with Gasteiger partial charge in [0.2, 0.25) is 5.78 Å². The van der Waals surface area contributed by atoms with Crippen LogP contribution in [0.2, 0.25) is 5.02 Å². The summed E-state index contributed by atoms with van der Waals surface area (Å²) in [6.45, 7) is 1.64. The normalized spacial score (nSPS) is 11.6. The van der Waals surface area contributed by atoms with Crippen LogP contribution in [-0.4, -0.2) is 22.6 Å². The highest BCUT2D eigenvalue weighted by Gasteiger charge is 2.27. The molecule has 2 aromatic carbocycles. The molecule has 0 bridgehead atoms. The predicted octanol–water partition coefficient (Wildman–Crippen LogP) is 4.20. The molecule has 0 aliphatic heterocycles. The number of carboxylic acids is 1. The van der Waals surface area contributed by atoms with Crippen LogP contribution in [0.25, 0.3) is 0 Å². The van der Waals surface area contributed by atoms with E-state index in [-0.39, 0.29) is 23.1 Å². The van der Waals surface area contributed by atoms with Gasteiger partial charge in [-0.1, -0.05) is 48.9 Å². The van der Waals surface area contributed by atoms with Crippen LogP contribution in [0.1, 0.15) is 34.1 Å². The minimum Gasteiger partial charge on any atom is -0.478 e. The van der Waals surface area contributed by atoms with Crippen LogP contribution in [0, 0.1) is 0 Å². The molecule has 0 heterocycles. The highest BCUT2D eigenvalue weighted by Crippen LogP contribution is 2.21. The van der Waals surface area contributed by atoms with E-state index in [0.717, 1.165) is 0 Å². The minimum absolute atomic E-state index is 0.0290. The van der Waals surface area contributed by atoms with Crippen molar-refractivity contribution < 1.29 is 19.5 Å². The molecule has 0 saturated carbocycles. The highest BCUT2D eigenvalue weighted by molar-refractivity contribution is 6.31. The van der Waals surface area contributed by atoms with E-state index >= 15 is 0 Å². The van der Waals surface area contributed by atoms with Crippen molar-refractivity contribution in [3.8, 4) is 0 Å². The fourth-order valence-corrected chi connectivity index (χ4v) is 2.45. The van der Waals surface area contributed by atoms with E-state index in [1.807, 2.05) is 0 Å². The Morgan fingerprint density at radius 1 is 0.875 bits per heavy atom. The quantitative estimate of drug-likeness (QED) is 0.369. The van der Waals surface area contributed by atoms with Gasteiger partial charge in [-0.2, -0.15) is 0 Å². The van der Waals surface area contributed by atoms with Gasteiger partial charge < -0.3 is 5.11 Å². The highest BCUT2D eigenvalue weighted by atomic mass is 35.5. The van der Waals surface area contributed by atoms with Crippen molar-refractivity contribution in [3.63, 3.8) is 0 Å². The number of Topliss-reactive ketones (excluding diaryl/α,β-unsaturated/α-hetero) is 2. The molecular formula is C19H15ClO4. The Kier molecular flexibility index (Phi) is 5.66. The lowest BCUT2D eigenvalue weighted by Crippen LogP contribution is -2.19. The SMILES string of the molecule is CCC(C(=O)c1ccc(Cl)cc1)=C(C(=O)O)C(=O)c1ccccc1. The third kappa shape index (κ3) is 3.78. The number of carbonyl (C=O) groups excluding carboxylic acids is 2. The monoisotopic (exact) mass is 342 g/mol. The van der Waals surface area contributed by atoms with Gasteiger partial charge in [0.15, 0.2) is 5.78 Å². The molecule has 2 aromatic rings. The Balaban J connectivity index is 2.54. The van der Waals surface area contributed by atoms with Crippen molar-refractivity contribution in [2.45, 2.75) is 13.3 Å². The molecular weight excluding hydrogens is 328 g/mol. The fraction of sp³-hybridized carbons (Fsp3) is 0.105. The molecule has 5 heteroatoms. The van der Waals surface area contributed by atoms with E-state index in [1.54, 1.807) is 37.3 Å². The zero-order valence-electron chi connectivity index (χ0n) is 13.0. The van der Waals surface area contributed by atoms with Crippen molar-refractivity contribution in [3.05, 3.63) is 81.9 Å². The second-order valence-electron chi connectivity index (χ2n) is 5.04. The zero-order valence-corrected chi connectivity index (χ0v) is 13.7. The van der Waals surface area contributed by atoms with Gasteiger partial charge in [0.25, 0.3) is 0 Å². The van der Waals surface area contributed by atoms with Crippen molar-refractivity contribution in [2.75, 3.05) is 0 Å². The Bertz CT molecular complexity index is 805. The second-order valence-corrected chi connectivity index (χ2v) is 5.48. The van der Waals surface area contributed by atoms with Crippen molar-refractivity contribution >= 4 is 29.1 Å². The lowest BCUT2D eigenvalue weighted by Gasteiger charge is -2.10. The average molecular weight is 343 g/mol. The summed E-state index contributed by atoms with van der Waals surface area (Å²) in [6, 6.07) is 14.1. The maximum atomic E-state index is 12.7. The molecule has 1 N–H and O–H groups in total. The number of rotatable bonds is 6. The van der Waals surface area contributed by atoms with E-state index in [9.17, 15) is 19.5 Å². The Labute approximate surface area is 144 Å². The fourth-order valence-electron chi connectivity index (χ4n) is 2.32. The average Bonchev–Trinajstić information content (AvgIpc) is 2.59. The summed E-state index contributed by atoms with van der Waals surface area (Å²) >= 11 is 5.80. The van der Waals surface area contributed by atoms with Gasteiger partial charge in [0, 0.05) is 21.7 Å². The van der Waals surface area contributed by atoms with Crippen LogP contribution in [0.3, 0.4) is 0 Å². The van der Waals surface area contributed by atoms with Crippen LogP contribution >= 0.6 is 11.6 Å². The van der Waals surface area contributed by atoms with Crippen molar-refractivity contribution in [2.24, 2.45) is 0 Å². The maximum absolute atomic E-state index is 12.7. The van der Waals surface area contributed by atoms with Gasteiger partial charge in [-0.15, -0.1) is 0 Å². The maximum Gasteiger partial charge on any atom is 0.340 e. The molecule has 0 amide bonds. The van der Waals surface area contributed by atoms with Crippen molar-refractivity contribution in [1.29, 1.82) is 0 Å². The first kappa shape index (κ1) is 17.6. The molecule has 0 unspecified atom stereocenters. The summed E-state index contributed by atoms with van der Waals surface area (Å²) in [5.74, 6) is -2.58. The van der Waals surface area contributed by atoms with E-state index in [4.69, 9.17) is 11.6 Å². The van der Waals surface area contributed by atoms with E-state index < -0.39 is 23.1 Å². The van der Waals surface area contributed by atoms with Crippen LogP contribution in [0.15, 0.2) is 65.7 Å². The molecule has 0 fully saturated rings. The number of benzene rings is 2. The number of carboxylic acid groups (broad SMARTS) is 1. The standard InChI is InChI=1S/C19H15ClO4/c1-2-15(17(21)13-8-10-14(20)11-9-13)16(19(23)24)18(22)12-6-4-3-5-7-12/h3-11H,2H2,1H3,(H,23,24). The third-order valence-electron chi connectivity index (χ3n) is 3.51. The number of allylic oxidation sites excluding steroid dienone is 1. The molecule has 0 aromatic heterocycles. The van der Waals surface area contributed by atoms with E-state index in [0.29, 0.717) is 5.02 Å². The Morgan fingerprint density at radius 3 is 1.92 bits per heavy atom.